The standard InChI is InChI=1S/C22H16F6N2O2/c1-12-11-16(22(26,27)28)29-19(31)17(12)20(32)30-18(13-5-3-2-4-6-13)14-7-9-15(10-8-14)21(23,24)25/h2-11,18H,1H3,(H,29,31)(H,30,32). The molecule has 1 heterocycles. The summed E-state index contributed by atoms with van der Waals surface area (Å²) in [6.45, 7) is 1.19. The van der Waals surface area contributed by atoms with E-state index in [1.807, 2.05) is 0 Å². The average Bonchev–Trinajstić information content (AvgIpc) is 2.71. The number of aryl methyl sites for hydroxylation is 1. The first-order chi connectivity index (χ1) is 14.9. The minimum absolute atomic E-state index is 0.196. The zero-order chi connectivity index (χ0) is 23.7. The van der Waals surface area contributed by atoms with Crippen LogP contribution in [0.25, 0.3) is 0 Å². The molecule has 0 aliphatic carbocycles. The molecule has 0 bridgehead atoms. The molecule has 0 radical (unpaired) electrons. The van der Waals surface area contributed by atoms with Gasteiger partial charge >= 0.3 is 12.4 Å². The Bertz CT molecular complexity index is 1170. The van der Waals surface area contributed by atoms with Crippen LogP contribution in [0.2, 0.25) is 0 Å². The molecule has 0 fully saturated rings. The lowest BCUT2D eigenvalue weighted by atomic mass is 9.97. The van der Waals surface area contributed by atoms with Crippen LogP contribution in [0.15, 0.2) is 65.5 Å². The number of amides is 1. The summed E-state index contributed by atoms with van der Waals surface area (Å²) in [6, 6.07) is 12.0. The zero-order valence-electron chi connectivity index (χ0n) is 16.4. The highest BCUT2D eigenvalue weighted by Crippen LogP contribution is 2.31. The molecular weight excluding hydrogens is 438 g/mol. The summed E-state index contributed by atoms with van der Waals surface area (Å²) >= 11 is 0. The Morgan fingerprint density at radius 3 is 1.94 bits per heavy atom. The first-order valence-corrected chi connectivity index (χ1v) is 9.22. The fourth-order valence-corrected chi connectivity index (χ4v) is 3.20. The van der Waals surface area contributed by atoms with Crippen molar-refractivity contribution in [1.82, 2.24) is 10.3 Å². The molecule has 168 valence electrons. The maximum Gasteiger partial charge on any atom is 0.431 e. The van der Waals surface area contributed by atoms with Gasteiger partial charge in [-0.1, -0.05) is 42.5 Å². The number of aromatic amines is 1. The van der Waals surface area contributed by atoms with Gasteiger partial charge in [-0.25, -0.2) is 0 Å². The highest BCUT2D eigenvalue weighted by Gasteiger charge is 2.34. The van der Waals surface area contributed by atoms with E-state index in [4.69, 9.17) is 0 Å². The van der Waals surface area contributed by atoms with E-state index < -0.39 is 46.7 Å². The number of carbonyl (C=O) groups excluding carboxylic acids is 1. The molecule has 4 nitrogen and oxygen atoms in total. The second kappa shape index (κ2) is 8.52. The molecule has 1 atom stereocenters. The molecule has 1 aromatic heterocycles. The first kappa shape index (κ1) is 23.1. The summed E-state index contributed by atoms with van der Waals surface area (Å²) in [6.07, 6.45) is -9.35. The highest BCUT2D eigenvalue weighted by atomic mass is 19.4. The predicted molar refractivity (Wildman–Crippen MR) is 104 cm³/mol. The van der Waals surface area contributed by atoms with Crippen LogP contribution in [-0.2, 0) is 12.4 Å². The van der Waals surface area contributed by atoms with Crippen molar-refractivity contribution in [1.29, 1.82) is 0 Å². The number of pyridine rings is 1. The summed E-state index contributed by atoms with van der Waals surface area (Å²) in [5.74, 6) is -0.966. The Morgan fingerprint density at radius 1 is 0.875 bits per heavy atom. The van der Waals surface area contributed by atoms with Gasteiger partial charge in [0.15, 0.2) is 0 Å². The van der Waals surface area contributed by atoms with Crippen LogP contribution in [0.4, 0.5) is 26.3 Å². The van der Waals surface area contributed by atoms with Gasteiger partial charge in [0.1, 0.15) is 11.3 Å². The number of nitrogens with one attached hydrogen (secondary N) is 2. The number of hydrogen-bond donors (Lipinski definition) is 2. The highest BCUT2D eigenvalue weighted by molar-refractivity contribution is 5.95. The van der Waals surface area contributed by atoms with Crippen LogP contribution in [0, 0.1) is 6.92 Å². The van der Waals surface area contributed by atoms with E-state index in [2.05, 4.69) is 5.32 Å². The van der Waals surface area contributed by atoms with Gasteiger partial charge in [-0.15, -0.1) is 0 Å². The summed E-state index contributed by atoms with van der Waals surface area (Å²) in [5.41, 5.74) is -3.33. The molecule has 1 amide bonds. The molecule has 3 rings (SSSR count). The van der Waals surface area contributed by atoms with Gasteiger partial charge in [-0.05, 0) is 41.8 Å². The molecule has 1 unspecified atom stereocenters. The Kier molecular flexibility index (Phi) is 6.16. The molecule has 2 N–H and O–H groups in total. The van der Waals surface area contributed by atoms with Crippen molar-refractivity contribution in [2.45, 2.75) is 25.3 Å². The van der Waals surface area contributed by atoms with Crippen molar-refractivity contribution in [3.63, 3.8) is 0 Å². The molecule has 0 saturated heterocycles. The van der Waals surface area contributed by atoms with Crippen LogP contribution in [-0.4, -0.2) is 10.9 Å². The molecule has 0 saturated carbocycles. The van der Waals surface area contributed by atoms with Gasteiger partial charge in [-0.2, -0.15) is 26.3 Å². The topological polar surface area (TPSA) is 62.0 Å². The van der Waals surface area contributed by atoms with Gasteiger partial charge in [0.25, 0.3) is 11.5 Å². The lowest BCUT2D eigenvalue weighted by molar-refractivity contribution is -0.141. The second-order valence-corrected chi connectivity index (χ2v) is 7.00. The fourth-order valence-electron chi connectivity index (χ4n) is 3.20. The largest absolute Gasteiger partial charge is 0.431 e. The summed E-state index contributed by atoms with van der Waals surface area (Å²) in [4.78, 5) is 26.7. The summed E-state index contributed by atoms with van der Waals surface area (Å²) in [7, 11) is 0. The van der Waals surface area contributed by atoms with Crippen molar-refractivity contribution in [3.05, 3.63) is 105 Å². The molecule has 0 spiro atoms. The van der Waals surface area contributed by atoms with E-state index in [1.54, 1.807) is 35.3 Å². The Hall–Kier alpha value is -3.56. The van der Waals surface area contributed by atoms with Crippen LogP contribution in [0.3, 0.4) is 0 Å². The SMILES string of the molecule is Cc1cc(C(F)(F)F)[nH]c(=O)c1C(=O)NC(c1ccccc1)c1ccc(C(F)(F)F)cc1. The normalized spacial score (nSPS) is 13.0. The maximum atomic E-state index is 12.9. The van der Waals surface area contributed by atoms with Crippen LogP contribution in [0.5, 0.6) is 0 Å². The molecule has 0 aliphatic rings. The lowest BCUT2D eigenvalue weighted by Crippen LogP contribution is -2.35. The van der Waals surface area contributed by atoms with Crippen molar-refractivity contribution in [2.24, 2.45) is 0 Å². The summed E-state index contributed by atoms with van der Waals surface area (Å²) < 4.78 is 77.4. The number of H-pyrrole nitrogens is 1. The van der Waals surface area contributed by atoms with Gasteiger partial charge in [0.05, 0.1) is 11.6 Å². The third kappa shape index (κ3) is 5.01. The third-order valence-electron chi connectivity index (χ3n) is 4.74. The van der Waals surface area contributed by atoms with Crippen molar-refractivity contribution in [3.8, 4) is 0 Å². The van der Waals surface area contributed by atoms with Crippen LogP contribution < -0.4 is 10.9 Å². The number of rotatable bonds is 4. The van der Waals surface area contributed by atoms with Crippen molar-refractivity contribution < 1.29 is 31.1 Å². The molecular formula is C22H16F6N2O2. The lowest BCUT2D eigenvalue weighted by Gasteiger charge is -2.21. The minimum atomic E-state index is -4.80. The average molecular weight is 454 g/mol. The Balaban J connectivity index is 2.00. The van der Waals surface area contributed by atoms with E-state index in [1.165, 1.54) is 19.1 Å². The van der Waals surface area contributed by atoms with E-state index in [0.717, 1.165) is 12.1 Å². The van der Waals surface area contributed by atoms with Crippen LogP contribution >= 0.6 is 0 Å². The number of benzene rings is 2. The Labute approximate surface area is 177 Å². The Morgan fingerprint density at radius 2 is 1.44 bits per heavy atom. The number of alkyl halides is 6. The molecule has 32 heavy (non-hydrogen) atoms. The van der Waals surface area contributed by atoms with Crippen molar-refractivity contribution >= 4 is 5.91 Å². The fraction of sp³-hybridized carbons (Fsp3) is 0.182. The van der Waals surface area contributed by atoms with Gasteiger partial charge < -0.3 is 10.3 Å². The number of carbonyl (C=O) groups is 1. The maximum absolute atomic E-state index is 12.9. The summed E-state index contributed by atoms with van der Waals surface area (Å²) in [5, 5.41) is 2.54. The molecule has 2 aromatic carbocycles. The van der Waals surface area contributed by atoms with E-state index in [-0.39, 0.29) is 5.56 Å². The van der Waals surface area contributed by atoms with Gasteiger partial charge in [0.2, 0.25) is 0 Å². The number of hydrogen-bond acceptors (Lipinski definition) is 2. The van der Waals surface area contributed by atoms with E-state index in [9.17, 15) is 35.9 Å². The smallest absolute Gasteiger partial charge is 0.341 e. The number of halogens is 6. The van der Waals surface area contributed by atoms with Gasteiger partial charge in [-0.3, -0.25) is 9.59 Å². The second-order valence-electron chi connectivity index (χ2n) is 7.00. The molecule has 0 aliphatic heterocycles. The number of aromatic nitrogens is 1. The predicted octanol–water partition coefficient (Wildman–Crippen LogP) is 5.24. The third-order valence-corrected chi connectivity index (χ3v) is 4.74. The van der Waals surface area contributed by atoms with E-state index in [0.29, 0.717) is 17.2 Å². The van der Waals surface area contributed by atoms with Gasteiger partial charge in [0, 0.05) is 0 Å². The van der Waals surface area contributed by atoms with Crippen LogP contribution in [0.1, 0.15) is 44.3 Å². The molecule has 10 heteroatoms. The monoisotopic (exact) mass is 454 g/mol. The quantitative estimate of drug-likeness (QED) is 0.530. The van der Waals surface area contributed by atoms with Crippen molar-refractivity contribution in [2.75, 3.05) is 0 Å². The molecule has 3 aromatic rings. The minimum Gasteiger partial charge on any atom is -0.341 e. The zero-order valence-corrected chi connectivity index (χ0v) is 16.4. The first-order valence-electron chi connectivity index (χ1n) is 9.22. The van der Waals surface area contributed by atoms with E-state index >= 15 is 0 Å².